The Morgan fingerprint density at radius 3 is 2.54 bits per heavy atom. The fourth-order valence-electron chi connectivity index (χ4n) is 3.65. The normalized spacial score (nSPS) is 13.6. The molecule has 0 bridgehead atoms. The lowest BCUT2D eigenvalue weighted by Gasteiger charge is -2.17. The second kappa shape index (κ2) is 7.37. The van der Waals surface area contributed by atoms with Gasteiger partial charge in [-0.2, -0.15) is 4.31 Å². The SMILES string of the molecule is CN(CC(=O)Nc1ccc2c(c1)CCC2)S(=O)(=O)c1ccc2ccccc2c1. The van der Waals surface area contributed by atoms with E-state index >= 15 is 0 Å². The molecule has 1 aliphatic rings. The Balaban J connectivity index is 1.48. The van der Waals surface area contributed by atoms with E-state index in [1.165, 1.54) is 18.2 Å². The van der Waals surface area contributed by atoms with E-state index in [4.69, 9.17) is 0 Å². The van der Waals surface area contributed by atoms with E-state index < -0.39 is 10.0 Å². The van der Waals surface area contributed by atoms with Crippen molar-refractivity contribution >= 4 is 32.4 Å². The molecule has 0 fully saturated rings. The summed E-state index contributed by atoms with van der Waals surface area (Å²) in [4.78, 5) is 12.6. The average Bonchev–Trinajstić information content (AvgIpc) is 3.15. The Labute approximate surface area is 165 Å². The zero-order valence-corrected chi connectivity index (χ0v) is 16.5. The summed E-state index contributed by atoms with van der Waals surface area (Å²) < 4.78 is 26.8. The van der Waals surface area contributed by atoms with Crippen molar-refractivity contribution in [3.63, 3.8) is 0 Å². The van der Waals surface area contributed by atoms with Crippen LogP contribution in [-0.4, -0.2) is 32.2 Å². The zero-order chi connectivity index (χ0) is 19.7. The number of aryl methyl sites for hydroxylation is 2. The number of nitrogens with one attached hydrogen (secondary N) is 1. The largest absolute Gasteiger partial charge is 0.325 e. The molecule has 0 unspecified atom stereocenters. The number of benzene rings is 3. The lowest BCUT2D eigenvalue weighted by atomic mass is 10.1. The van der Waals surface area contributed by atoms with Gasteiger partial charge >= 0.3 is 0 Å². The van der Waals surface area contributed by atoms with Crippen molar-refractivity contribution in [2.45, 2.75) is 24.2 Å². The topological polar surface area (TPSA) is 66.5 Å². The molecule has 0 radical (unpaired) electrons. The predicted octanol–water partition coefficient (Wildman–Crippen LogP) is 3.59. The Bertz CT molecular complexity index is 1160. The summed E-state index contributed by atoms with van der Waals surface area (Å²) >= 11 is 0. The van der Waals surface area contributed by atoms with E-state index in [9.17, 15) is 13.2 Å². The summed E-state index contributed by atoms with van der Waals surface area (Å²) in [5.74, 6) is -0.357. The van der Waals surface area contributed by atoms with Gasteiger partial charge in [-0.1, -0.05) is 36.4 Å². The molecule has 144 valence electrons. The Morgan fingerprint density at radius 2 is 1.71 bits per heavy atom. The van der Waals surface area contributed by atoms with Gasteiger partial charge in [-0.25, -0.2) is 8.42 Å². The maximum atomic E-state index is 12.9. The van der Waals surface area contributed by atoms with Crippen LogP contribution in [0, 0.1) is 0 Å². The van der Waals surface area contributed by atoms with E-state index in [-0.39, 0.29) is 17.3 Å². The number of anilines is 1. The van der Waals surface area contributed by atoms with Crippen LogP contribution in [0.2, 0.25) is 0 Å². The van der Waals surface area contributed by atoms with Crippen molar-refractivity contribution in [3.8, 4) is 0 Å². The van der Waals surface area contributed by atoms with Crippen molar-refractivity contribution in [2.24, 2.45) is 0 Å². The van der Waals surface area contributed by atoms with Crippen LogP contribution in [0.3, 0.4) is 0 Å². The third-order valence-electron chi connectivity index (χ3n) is 5.18. The predicted molar refractivity (Wildman–Crippen MR) is 111 cm³/mol. The first kappa shape index (κ1) is 18.7. The number of sulfonamides is 1. The van der Waals surface area contributed by atoms with Crippen molar-refractivity contribution in [2.75, 3.05) is 18.9 Å². The minimum Gasteiger partial charge on any atom is -0.325 e. The molecule has 1 aliphatic carbocycles. The highest BCUT2D eigenvalue weighted by molar-refractivity contribution is 7.89. The van der Waals surface area contributed by atoms with Crippen LogP contribution in [0.4, 0.5) is 5.69 Å². The number of amides is 1. The minimum atomic E-state index is -3.75. The lowest BCUT2D eigenvalue weighted by Crippen LogP contribution is -2.35. The van der Waals surface area contributed by atoms with Gasteiger partial charge in [0.25, 0.3) is 0 Å². The number of likely N-dealkylation sites (N-methyl/N-ethyl adjacent to an activating group) is 1. The van der Waals surface area contributed by atoms with Gasteiger partial charge in [-0.05, 0) is 65.4 Å². The van der Waals surface area contributed by atoms with Crippen LogP contribution in [0.25, 0.3) is 10.8 Å². The van der Waals surface area contributed by atoms with Crippen LogP contribution in [0.5, 0.6) is 0 Å². The molecule has 0 atom stereocenters. The first-order chi connectivity index (χ1) is 13.4. The van der Waals surface area contributed by atoms with Crippen molar-refractivity contribution in [1.29, 1.82) is 0 Å². The van der Waals surface area contributed by atoms with Crippen molar-refractivity contribution in [1.82, 2.24) is 4.31 Å². The molecule has 3 aromatic rings. The summed E-state index contributed by atoms with van der Waals surface area (Å²) in [5, 5.41) is 4.63. The summed E-state index contributed by atoms with van der Waals surface area (Å²) in [5.41, 5.74) is 3.30. The Hall–Kier alpha value is -2.70. The van der Waals surface area contributed by atoms with E-state index in [2.05, 4.69) is 5.32 Å². The second-order valence-electron chi connectivity index (χ2n) is 7.16. The summed E-state index contributed by atoms with van der Waals surface area (Å²) in [6.07, 6.45) is 3.24. The molecule has 3 aromatic carbocycles. The van der Waals surface area contributed by atoms with Crippen LogP contribution in [0.1, 0.15) is 17.5 Å². The highest BCUT2D eigenvalue weighted by Gasteiger charge is 2.23. The number of carbonyl (C=O) groups excluding carboxylic acids is 1. The van der Waals surface area contributed by atoms with Gasteiger partial charge in [0, 0.05) is 12.7 Å². The van der Waals surface area contributed by atoms with Gasteiger partial charge in [-0.15, -0.1) is 0 Å². The molecule has 1 N–H and O–H groups in total. The molecule has 0 saturated carbocycles. The minimum absolute atomic E-state index is 0.180. The molecule has 0 spiro atoms. The number of fused-ring (bicyclic) bond motifs is 2. The lowest BCUT2D eigenvalue weighted by molar-refractivity contribution is -0.116. The van der Waals surface area contributed by atoms with Gasteiger partial charge in [0.1, 0.15) is 0 Å². The third-order valence-corrected chi connectivity index (χ3v) is 6.98. The smallest absolute Gasteiger partial charge is 0.243 e. The van der Waals surface area contributed by atoms with Crippen LogP contribution in [-0.2, 0) is 27.7 Å². The monoisotopic (exact) mass is 394 g/mol. The maximum Gasteiger partial charge on any atom is 0.243 e. The number of nitrogens with zero attached hydrogens (tertiary/aromatic N) is 1. The fraction of sp³-hybridized carbons (Fsp3) is 0.227. The number of hydrogen-bond donors (Lipinski definition) is 1. The fourth-order valence-corrected chi connectivity index (χ4v) is 4.81. The number of hydrogen-bond acceptors (Lipinski definition) is 3. The van der Waals surface area contributed by atoms with E-state index in [0.717, 1.165) is 34.3 Å². The summed E-state index contributed by atoms with van der Waals surface area (Å²) in [6, 6.07) is 18.5. The van der Waals surface area contributed by atoms with E-state index in [0.29, 0.717) is 5.69 Å². The molecular formula is C22H22N2O3S. The first-order valence-corrected chi connectivity index (χ1v) is 10.7. The second-order valence-corrected chi connectivity index (χ2v) is 9.20. The number of carbonyl (C=O) groups is 1. The van der Waals surface area contributed by atoms with Gasteiger partial charge in [0.15, 0.2) is 0 Å². The van der Waals surface area contributed by atoms with Gasteiger partial charge in [0.05, 0.1) is 11.4 Å². The standard InChI is InChI=1S/C22H22N2O3S/c1-24(15-22(25)23-20-11-9-17-7-4-8-18(17)13-20)28(26,27)21-12-10-16-5-2-3-6-19(16)14-21/h2-3,5-6,9-14H,4,7-8,15H2,1H3,(H,23,25). The zero-order valence-electron chi connectivity index (χ0n) is 15.7. The van der Waals surface area contributed by atoms with Gasteiger partial charge in [0.2, 0.25) is 15.9 Å². The molecule has 5 nitrogen and oxygen atoms in total. The maximum absolute atomic E-state index is 12.9. The highest BCUT2D eigenvalue weighted by Crippen LogP contribution is 2.25. The van der Waals surface area contributed by atoms with Crippen LogP contribution < -0.4 is 5.32 Å². The molecule has 0 saturated heterocycles. The van der Waals surface area contributed by atoms with Crippen molar-refractivity contribution in [3.05, 3.63) is 71.8 Å². The molecule has 6 heteroatoms. The van der Waals surface area contributed by atoms with Crippen LogP contribution >= 0.6 is 0 Å². The van der Waals surface area contributed by atoms with E-state index in [1.54, 1.807) is 18.2 Å². The molecule has 0 aromatic heterocycles. The molecule has 0 heterocycles. The van der Waals surface area contributed by atoms with Gasteiger partial charge in [-0.3, -0.25) is 4.79 Å². The molecule has 0 aliphatic heterocycles. The average molecular weight is 394 g/mol. The Morgan fingerprint density at radius 1 is 0.964 bits per heavy atom. The van der Waals surface area contributed by atoms with Crippen molar-refractivity contribution < 1.29 is 13.2 Å². The highest BCUT2D eigenvalue weighted by atomic mass is 32.2. The molecule has 4 rings (SSSR count). The van der Waals surface area contributed by atoms with E-state index in [1.807, 2.05) is 42.5 Å². The van der Waals surface area contributed by atoms with Crippen LogP contribution in [0.15, 0.2) is 65.6 Å². The Kier molecular flexibility index (Phi) is 4.91. The third kappa shape index (κ3) is 3.66. The summed E-state index contributed by atoms with van der Waals surface area (Å²) in [7, 11) is -2.33. The summed E-state index contributed by atoms with van der Waals surface area (Å²) in [6.45, 7) is -0.244. The number of rotatable bonds is 5. The first-order valence-electron chi connectivity index (χ1n) is 9.30. The molecule has 1 amide bonds. The van der Waals surface area contributed by atoms with Gasteiger partial charge < -0.3 is 5.32 Å². The molecular weight excluding hydrogens is 372 g/mol. The quantitative estimate of drug-likeness (QED) is 0.719. The molecule has 28 heavy (non-hydrogen) atoms.